The summed E-state index contributed by atoms with van der Waals surface area (Å²) in [7, 11) is 0. The zero-order valence-electron chi connectivity index (χ0n) is 12.2. The first-order chi connectivity index (χ1) is 8.19. The Hall–Kier alpha value is 0.310. The molecule has 17 heavy (non-hydrogen) atoms. The Balaban J connectivity index is 2.48. The van der Waals surface area contributed by atoms with Gasteiger partial charge in [-0.15, -0.1) is 0 Å². The van der Waals surface area contributed by atoms with Crippen LogP contribution in [0, 0.1) is 17.8 Å². The SMILES string of the molecule is CCCNC(C(C)CSC)C1CCC(C)CC1. The first-order valence-electron chi connectivity index (χ1n) is 7.41. The van der Waals surface area contributed by atoms with Gasteiger partial charge in [-0.1, -0.05) is 33.6 Å². The summed E-state index contributed by atoms with van der Waals surface area (Å²) in [5.74, 6) is 4.01. The number of hydrogen-bond acceptors (Lipinski definition) is 2. The largest absolute Gasteiger partial charge is 0.313 e. The average Bonchev–Trinajstić information content (AvgIpc) is 2.32. The van der Waals surface area contributed by atoms with Gasteiger partial charge in [0.25, 0.3) is 0 Å². The summed E-state index contributed by atoms with van der Waals surface area (Å²) in [6.07, 6.45) is 9.27. The van der Waals surface area contributed by atoms with Gasteiger partial charge in [0.2, 0.25) is 0 Å². The molecule has 0 saturated heterocycles. The van der Waals surface area contributed by atoms with Crippen LogP contribution in [-0.4, -0.2) is 24.6 Å². The Bertz CT molecular complexity index is 187. The topological polar surface area (TPSA) is 12.0 Å². The van der Waals surface area contributed by atoms with E-state index in [0.29, 0.717) is 0 Å². The molecule has 0 aromatic heterocycles. The van der Waals surface area contributed by atoms with Crippen LogP contribution in [0.15, 0.2) is 0 Å². The number of nitrogens with one attached hydrogen (secondary N) is 1. The zero-order valence-corrected chi connectivity index (χ0v) is 13.0. The van der Waals surface area contributed by atoms with Crippen LogP contribution in [-0.2, 0) is 0 Å². The van der Waals surface area contributed by atoms with E-state index in [1.807, 2.05) is 11.8 Å². The minimum absolute atomic E-state index is 0.759. The molecule has 0 heterocycles. The molecule has 1 rings (SSSR count). The third-order valence-electron chi connectivity index (χ3n) is 4.24. The van der Waals surface area contributed by atoms with Crippen LogP contribution in [0.2, 0.25) is 0 Å². The Morgan fingerprint density at radius 2 is 1.88 bits per heavy atom. The van der Waals surface area contributed by atoms with Crippen LogP contribution >= 0.6 is 11.8 Å². The van der Waals surface area contributed by atoms with Crippen molar-refractivity contribution in [1.82, 2.24) is 5.32 Å². The van der Waals surface area contributed by atoms with Crippen LogP contribution in [0.3, 0.4) is 0 Å². The van der Waals surface area contributed by atoms with E-state index in [0.717, 1.165) is 23.8 Å². The number of thioether (sulfide) groups is 1. The van der Waals surface area contributed by atoms with Crippen LogP contribution in [0.1, 0.15) is 52.9 Å². The minimum Gasteiger partial charge on any atom is -0.313 e. The third-order valence-corrected chi connectivity index (χ3v) is 5.10. The van der Waals surface area contributed by atoms with E-state index in [1.54, 1.807) is 0 Å². The van der Waals surface area contributed by atoms with Gasteiger partial charge in [-0.3, -0.25) is 0 Å². The fourth-order valence-electron chi connectivity index (χ4n) is 3.16. The maximum atomic E-state index is 3.83. The maximum Gasteiger partial charge on any atom is 0.0129 e. The van der Waals surface area contributed by atoms with Crippen molar-refractivity contribution in [2.75, 3.05) is 18.6 Å². The Morgan fingerprint density at radius 1 is 1.24 bits per heavy atom. The molecule has 0 aromatic rings. The van der Waals surface area contributed by atoms with Gasteiger partial charge >= 0.3 is 0 Å². The van der Waals surface area contributed by atoms with Gasteiger partial charge in [0.15, 0.2) is 0 Å². The summed E-state index contributed by atoms with van der Waals surface area (Å²) in [4.78, 5) is 0. The summed E-state index contributed by atoms with van der Waals surface area (Å²) < 4.78 is 0. The Labute approximate surface area is 113 Å². The van der Waals surface area contributed by atoms with E-state index in [2.05, 4.69) is 32.3 Å². The molecule has 1 nitrogen and oxygen atoms in total. The first-order valence-corrected chi connectivity index (χ1v) is 8.80. The van der Waals surface area contributed by atoms with Crippen LogP contribution < -0.4 is 5.32 Å². The van der Waals surface area contributed by atoms with Crippen LogP contribution in [0.4, 0.5) is 0 Å². The number of rotatable bonds is 7. The normalized spacial score (nSPS) is 28.9. The summed E-state index contributed by atoms with van der Waals surface area (Å²) in [5, 5.41) is 3.83. The predicted octanol–water partition coefficient (Wildman–Crippen LogP) is 4.18. The van der Waals surface area contributed by atoms with Crippen molar-refractivity contribution in [3.8, 4) is 0 Å². The van der Waals surface area contributed by atoms with Gasteiger partial charge in [0.05, 0.1) is 0 Å². The second-order valence-corrected chi connectivity index (χ2v) is 6.84. The molecule has 0 aliphatic heterocycles. The third kappa shape index (κ3) is 5.21. The van der Waals surface area contributed by atoms with Gasteiger partial charge in [0, 0.05) is 6.04 Å². The summed E-state index contributed by atoms with van der Waals surface area (Å²) >= 11 is 2.00. The van der Waals surface area contributed by atoms with Crippen molar-refractivity contribution in [2.45, 2.75) is 58.9 Å². The van der Waals surface area contributed by atoms with Crippen LogP contribution in [0.25, 0.3) is 0 Å². The van der Waals surface area contributed by atoms with E-state index in [-0.39, 0.29) is 0 Å². The lowest BCUT2D eigenvalue weighted by Crippen LogP contribution is -2.43. The molecule has 1 N–H and O–H groups in total. The molecule has 1 fully saturated rings. The molecule has 102 valence electrons. The monoisotopic (exact) mass is 257 g/mol. The first kappa shape index (κ1) is 15.4. The molecule has 0 spiro atoms. The summed E-state index contributed by atoms with van der Waals surface area (Å²) in [5.41, 5.74) is 0. The molecule has 0 radical (unpaired) electrons. The smallest absolute Gasteiger partial charge is 0.0129 e. The lowest BCUT2D eigenvalue weighted by Gasteiger charge is -2.36. The van der Waals surface area contributed by atoms with Gasteiger partial charge in [-0.05, 0) is 55.6 Å². The predicted molar refractivity (Wildman–Crippen MR) is 80.7 cm³/mol. The lowest BCUT2D eigenvalue weighted by molar-refractivity contribution is 0.198. The standard InChI is InChI=1S/C15H31NS/c1-5-10-16-15(13(3)11-17-4)14-8-6-12(2)7-9-14/h12-16H,5-11H2,1-4H3. The van der Waals surface area contributed by atoms with Gasteiger partial charge in [0.1, 0.15) is 0 Å². The molecule has 2 heteroatoms. The van der Waals surface area contributed by atoms with Crippen LogP contribution in [0.5, 0.6) is 0 Å². The minimum atomic E-state index is 0.759. The highest BCUT2D eigenvalue weighted by Gasteiger charge is 2.28. The van der Waals surface area contributed by atoms with E-state index in [4.69, 9.17) is 0 Å². The van der Waals surface area contributed by atoms with E-state index < -0.39 is 0 Å². The molecule has 2 atom stereocenters. The van der Waals surface area contributed by atoms with E-state index >= 15 is 0 Å². The highest BCUT2D eigenvalue weighted by atomic mass is 32.2. The molecular formula is C15H31NS. The summed E-state index contributed by atoms with van der Waals surface area (Å²) in [6.45, 7) is 8.31. The molecule has 1 aliphatic rings. The molecule has 1 aliphatic carbocycles. The second kappa shape index (κ2) is 8.42. The average molecular weight is 257 g/mol. The highest BCUT2D eigenvalue weighted by molar-refractivity contribution is 7.98. The molecule has 2 unspecified atom stereocenters. The fourth-order valence-corrected chi connectivity index (χ4v) is 3.89. The Kier molecular flexibility index (Phi) is 7.61. The van der Waals surface area contributed by atoms with E-state index in [9.17, 15) is 0 Å². The van der Waals surface area contributed by atoms with Gasteiger partial charge < -0.3 is 5.32 Å². The molecule has 0 bridgehead atoms. The molecule has 0 aromatic carbocycles. The molecular weight excluding hydrogens is 226 g/mol. The maximum absolute atomic E-state index is 3.83. The van der Waals surface area contributed by atoms with Crippen molar-refractivity contribution in [2.24, 2.45) is 17.8 Å². The highest BCUT2D eigenvalue weighted by Crippen LogP contribution is 2.33. The van der Waals surface area contributed by atoms with Gasteiger partial charge in [-0.2, -0.15) is 11.8 Å². The Morgan fingerprint density at radius 3 is 2.41 bits per heavy atom. The molecule has 0 amide bonds. The van der Waals surface area contributed by atoms with Crippen molar-refractivity contribution in [1.29, 1.82) is 0 Å². The van der Waals surface area contributed by atoms with Crippen molar-refractivity contribution in [3.05, 3.63) is 0 Å². The lowest BCUT2D eigenvalue weighted by atomic mass is 9.76. The molecule has 1 saturated carbocycles. The number of hydrogen-bond donors (Lipinski definition) is 1. The summed E-state index contributed by atoms with van der Waals surface area (Å²) in [6, 6.07) is 0.759. The van der Waals surface area contributed by atoms with Crippen molar-refractivity contribution >= 4 is 11.8 Å². The van der Waals surface area contributed by atoms with Gasteiger partial charge in [-0.25, -0.2) is 0 Å². The van der Waals surface area contributed by atoms with E-state index in [1.165, 1.54) is 44.4 Å². The van der Waals surface area contributed by atoms with Crippen molar-refractivity contribution < 1.29 is 0 Å². The zero-order chi connectivity index (χ0) is 12.7. The second-order valence-electron chi connectivity index (χ2n) is 5.93. The fraction of sp³-hybridized carbons (Fsp3) is 1.00. The van der Waals surface area contributed by atoms with Crippen molar-refractivity contribution in [3.63, 3.8) is 0 Å². The quantitative estimate of drug-likeness (QED) is 0.734.